The van der Waals surface area contributed by atoms with Gasteiger partial charge in [0, 0.05) is 6.54 Å². The molecule has 2 amide bonds. The molecule has 1 heterocycles. The molecule has 0 aromatic carbocycles. The Kier molecular flexibility index (Phi) is 2.89. The van der Waals surface area contributed by atoms with E-state index < -0.39 is 5.54 Å². The Balaban J connectivity index is 1.55. The molecule has 1 saturated heterocycles. The lowest BCUT2D eigenvalue weighted by Crippen LogP contribution is -2.70. The Morgan fingerprint density at radius 2 is 1.71 bits per heavy atom. The van der Waals surface area contributed by atoms with Crippen LogP contribution in [0, 0.1) is 23.7 Å². The molecule has 3 aliphatic carbocycles. The van der Waals surface area contributed by atoms with Crippen LogP contribution in [-0.2, 0) is 9.59 Å². The standard InChI is InChI=1S/C17H26N2O2/c1-10-15(20)18-17(2,13-7-8-13)16(21)19(10)9-14(11-3-4-11)12-5-6-12/h10-14H,3-9H2,1-2H3,(H,18,20). The third kappa shape index (κ3) is 2.27. The van der Waals surface area contributed by atoms with E-state index >= 15 is 0 Å². The summed E-state index contributed by atoms with van der Waals surface area (Å²) in [4.78, 5) is 27.3. The molecule has 2 unspecified atom stereocenters. The number of rotatable bonds is 5. The highest BCUT2D eigenvalue weighted by Crippen LogP contribution is 2.50. The minimum atomic E-state index is -0.638. The molecule has 21 heavy (non-hydrogen) atoms. The molecule has 0 bridgehead atoms. The summed E-state index contributed by atoms with van der Waals surface area (Å²) in [5, 5.41) is 3.02. The monoisotopic (exact) mass is 290 g/mol. The highest BCUT2D eigenvalue weighted by molar-refractivity contribution is 5.99. The Labute approximate surface area is 126 Å². The topological polar surface area (TPSA) is 49.4 Å². The van der Waals surface area contributed by atoms with Gasteiger partial charge in [0.2, 0.25) is 11.8 Å². The third-order valence-electron chi connectivity index (χ3n) is 6.19. The largest absolute Gasteiger partial charge is 0.340 e. The van der Waals surface area contributed by atoms with Crippen molar-refractivity contribution < 1.29 is 9.59 Å². The van der Waals surface area contributed by atoms with Crippen LogP contribution in [0.2, 0.25) is 0 Å². The molecule has 4 nitrogen and oxygen atoms in total. The Bertz CT molecular complexity index is 467. The Hall–Kier alpha value is -1.06. The smallest absolute Gasteiger partial charge is 0.249 e. The van der Waals surface area contributed by atoms with Crippen LogP contribution in [0.4, 0.5) is 0 Å². The maximum Gasteiger partial charge on any atom is 0.249 e. The summed E-state index contributed by atoms with van der Waals surface area (Å²) in [5.41, 5.74) is -0.638. The molecular formula is C17H26N2O2. The van der Waals surface area contributed by atoms with Crippen molar-refractivity contribution in [1.29, 1.82) is 0 Å². The molecule has 4 heteroatoms. The zero-order valence-corrected chi connectivity index (χ0v) is 13.1. The van der Waals surface area contributed by atoms with E-state index in [2.05, 4.69) is 5.32 Å². The molecule has 4 fully saturated rings. The van der Waals surface area contributed by atoms with Gasteiger partial charge in [0.15, 0.2) is 0 Å². The summed E-state index contributed by atoms with van der Waals surface area (Å²) in [5.74, 6) is 2.83. The molecule has 4 rings (SSSR count). The van der Waals surface area contributed by atoms with Gasteiger partial charge in [0.1, 0.15) is 11.6 Å². The van der Waals surface area contributed by atoms with Crippen molar-refractivity contribution >= 4 is 11.8 Å². The fraction of sp³-hybridized carbons (Fsp3) is 0.882. The van der Waals surface area contributed by atoms with Crippen molar-refractivity contribution in [2.45, 2.75) is 64.0 Å². The molecule has 1 aliphatic heterocycles. The molecule has 0 aromatic heterocycles. The predicted molar refractivity (Wildman–Crippen MR) is 79.4 cm³/mol. The summed E-state index contributed by atoms with van der Waals surface area (Å²) < 4.78 is 0. The van der Waals surface area contributed by atoms with Crippen LogP contribution < -0.4 is 5.32 Å². The van der Waals surface area contributed by atoms with E-state index in [9.17, 15) is 9.59 Å². The van der Waals surface area contributed by atoms with E-state index in [4.69, 9.17) is 0 Å². The number of hydrogen-bond acceptors (Lipinski definition) is 2. The third-order valence-corrected chi connectivity index (χ3v) is 6.19. The van der Waals surface area contributed by atoms with Gasteiger partial charge in [0.05, 0.1) is 0 Å². The van der Waals surface area contributed by atoms with Crippen molar-refractivity contribution in [3.63, 3.8) is 0 Å². The van der Waals surface area contributed by atoms with Gasteiger partial charge in [-0.3, -0.25) is 9.59 Å². The van der Waals surface area contributed by atoms with Crippen LogP contribution in [0.5, 0.6) is 0 Å². The van der Waals surface area contributed by atoms with Gasteiger partial charge < -0.3 is 10.2 Å². The fourth-order valence-electron chi connectivity index (χ4n) is 4.17. The van der Waals surface area contributed by atoms with Gasteiger partial charge in [-0.1, -0.05) is 0 Å². The highest BCUT2D eigenvalue weighted by Gasteiger charge is 2.55. The lowest BCUT2D eigenvalue weighted by molar-refractivity contribution is -0.155. The molecule has 2 atom stereocenters. The minimum Gasteiger partial charge on any atom is -0.340 e. The van der Waals surface area contributed by atoms with Crippen LogP contribution in [0.1, 0.15) is 52.4 Å². The normalized spacial score (nSPS) is 37.1. The van der Waals surface area contributed by atoms with Crippen molar-refractivity contribution in [2.24, 2.45) is 23.7 Å². The molecule has 0 aromatic rings. The molecule has 3 saturated carbocycles. The molecule has 1 N–H and O–H groups in total. The lowest BCUT2D eigenvalue weighted by Gasteiger charge is -2.45. The summed E-state index contributed by atoms with van der Waals surface area (Å²) >= 11 is 0. The van der Waals surface area contributed by atoms with Gasteiger partial charge in [-0.25, -0.2) is 0 Å². The van der Waals surface area contributed by atoms with Crippen LogP contribution in [0.15, 0.2) is 0 Å². The summed E-state index contributed by atoms with van der Waals surface area (Å²) in [6.07, 6.45) is 7.43. The molecule has 4 aliphatic rings. The van der Waals surface area contributed by atoms with Gasteiger partial charge in [-0.2, -0.15) is 0 Å². The van der Waals surface area contributed by atoms with Crippen LogP contribution in [0.3, 0.4) is 0 Å². The van der Waals surface area contributed by atoms with Crippen molar-refractivity contribution in [3.8, 4) is 0 Å². The van der Waals surface area contributed by atoms with Crippen molar-refractivity contribution in [2.75, 3.05) is 6.54 Å². The quantitative estimate of drug-likeness (QED) is 0.841. The number of amides is 2. The number of piperazine rings is 1. The van der Waals surface area contributed by atoms with Gasteiger partial charge in [-0.15, -0.1) is 0 Å². The van der Waals surface area contributed by atoms with Crippen molar-refractivity contribution in [1.82, 2.24) is 10.2 Å². The molecule has 116 valence electrons. The second-order valence-electron chi connectivity index (χ2n) is 7.94. The second-order valence-corrected chi connectivity index (χ2v) is 7.94. The first-order chi connectivity index (χ1) is 10.0. The fourth-order valence-corrected chi connectivity index (χ4v) is 4.17. The number of nitrogens with one attached hydrogen (secondary N) is 1. The zero-order valence-electron chi connectivity index (χ0n) is 13.1. The van der Waals surface area contributed by atoms with Crippen LogP contribution in [0.25, 0.3) is 0 Å². The first-order valence-electron chi connectivity index (χ1n) is 8.64. The molecule has 0 spiro atoms. The maximum absolute atomic E-state index is 13.0. The average molecular weight is 290 g/mol. The van der Waals surface area contributed by atoms with E-state index in [1.54, 1.807) is 0 Å². The summed E-state index contributed by atoms with van der Waals surface area (Å²) in [6, 6.07) is -0.302. The minimum absolute atomic E-state index is 0.0364. The van der Waals surface area contributed by atoms with Gasteiger partial charge in [-0.05, 0) is 76.0 Å². The van der Waals surface area contributed by atoms with Crippen LogP contribution in [-0.4, -0.2) is 34.8 Å². The first-order valence-corrected chi connectivity index (χ1v) is 8.64. The average Bonchev–Trinajstić information content (AvgIpc) is 3.29. The first kappa shape index (κ1) is 13.6. The van der Waals surface area contributed by atoms with Crippen molar-refractivity contribution in [3.05, 3.63) is 0 Å². The number of carbonyl (C=O) groups is 2. The summed E-state index contributed by atoms with van der Waals surface area (Å²) in [6.45, 7) is 4.63. The predicted octanol–water partition coefficient (Wildman–Crippen LogP) is 1.94. The molecular weight excluding hydrogens is 264 g/mol. The number of hydrogen-bond donors (Lipinski definition) is 1. The summed E-state index contributed by atoms with van der Waals surface area (Å²) in [7, 11) is 0. The zero-order chi connectivity index (χ0) is 14.8. The van der Waals surface area contributed by atoms with Gasteiger partial charge >= 0.3 is 0 Å². The Morgan fingerprint density at radius 3 is 2.19 bits per heavy atom. The highest BCUT2D eigenvalue weighted by atomic mass is 16.2. The van der Waals surface area contributed by atoms with E-state index in [1.807, 2.05) is 18.7 Å². The lowest BCUT2D eigenvalue weighted by atomic mass is 9.88. The van der Waals surface area contributed by atoms with E-state index in [-0.39, 0.29) is 17.9 Å². The molecule has 0 radical (unpaired) electrons. The second kappa shape index (κ2) is 4.47. The Morgan fingerprint density at radius 1 is 1.14 bits per heavy atom. The van der Waals surface area contributed by atoms with E-state index in [0.717, 1.165) is 31.2 Å². The SMILES string of the molecule is CC1C(=O)NC(C)(C2CC2)C(=O)N1CC(C1CC1)C1CC1. The number of carbonyl (C=O) groups excluding carboxylic acids is 2. The van der Waals surface area contributed by atoms with E-state index in [1.165, 1.54) is 25.7 Å². The van der Waals surface area contributed by atoms with Crippen LogP contribution >= 0.6 is 0 Å². The van der Waals surface area contributed by atoms with Gasteiger partial charge in [0.25, 0.3) is 0 Å². The maximum atomic E-state index is 13.0. The van der Waals surface area contributed by atoms with E-state index in [0.29, 0.717) is 11.8 Å². The number of nitrogens with zero attached hydrogens (tertiary/aromatic N) is 1.